The van der Waals surface area contributed by atoms with Crippen molar-refractivity contribution in [3.8, 4) is 0 Å². The lowest BCUT2D eigenvalue weighted by Gasteiger charge is -2.41. The fourth-order valence-electron chi connectivity index (χ4n) is 4.48. The van der Waals surface area contributed by atoms with E-state index < -0.39 is 6.10 Å². The molecule has 0 bridgehead atoms. The molecule has 0 spiro atoms. The molecule has 0 saturated heterocycles. The van der Waals surface area contributed by atoms with E-state index in [-0.39, 0.29) is 11.5 Å². The Hall–Kier alpha value is -1.69. The lowest BCUT2D eigenvalue weighted by atomic mass is 9.73. The number of nitrogens with zero attached hydrogens (tertiary/aromatic N) is 1. The number of aliphatic hydroxyl groups is 1. The predicted molar refractivity (Wildman–Crippen MR) is 130 cm³/mol. The molecule has 0 amide bonds. The van der Waals surface area contributed by atoms with Gasteiger partial charge in [0.1, 0.15) is 0 Å². The van der Waals surface area contributed by atoms with Crippen molar-refractivity contribution in [3.63, 3.8) is 0 Å². The summed E-state index contributed by atoms with van der Waals surface area (Å²) in [4.78, 5) is 3.30. The van der Waals surface area contributed by atoms with Crippen LogP contribution in [0, 0.1) is 0 Å². The van der Waals surface area contributed by atoms with Crippen molar-refractivity contribution in [2.75, 3.05) is 24.7 Å². The highest BCUT2D eigenvalue weighted by molar-refractivity contribution is 7.97. The lowest BCUT2D eigenvalue weighted by Crippen LogP contribution is -2.53. The summed E-state index contributed by atoms with van der Waals surface area (Å²) in [6.45, 7) is 4.44. The highest BCUT2D eigenvalue weighted by atomic mass is 32.2. The predicted octanol–water partition coefficient (Wildman–Crippen LogP) is 5.56. The second kappa shape index (κ2) is 10.1. The molecule has 0 aromatic heterocycles. The maximum absolute atomic E-state index is 12.0. The number of hydrogen-bond acceptors (Lipinski definition) is 5. The molecule has 0 aliphatic carbocycles. The summed E-state index contributed by atoms with van der Waals surface area (Å²) in [5, 5.41) is 12.0. The number of aliphatic hydroxyl groups excluding tert-OH is 1. The first-order valence-electron chi connectivity index (χ1n) is 11.2. The molecule has 2 aromatic carbocycles. The summed E-state index contributed by atoms with van der Waals surface area (Å²) in [5.74, 6) is -0.125. The molecule has 0 radical (unpaired) electrons. The monoisotopic (exact) mass is 427 g/mol. The van der Waals surface area contributed by atoms with Crippen LogP contribution >= 0.6 is 11.9 Å². The zero-order chi connectivity index (χ0) is 21.7. The van der Waals surface area contributed by atoms with E-state index in [1.807, 2.05) is 18.2 Å². The number of rotatable bonds is 8. The minimum atomic E-state index is -0.538. The average Bonchev–Trinajstić information content (AvgIpc) is 2.85. The van der Waals surface area contributed by atoms with Gasteiger partial charge in [-0.15, -0.1) is 0 Å². The van der Waals surface area contributed by atoms with Crippen LogP contribution in [0.25, 0.3) is 0 Å². The van der Waals surface area contributed by atoms with E-state index in [0.29, 0.717) is 0 Å². The minimum absolute atomic E-state index is 0.125. The number of fused-ring (bicyclic) bond motifs is 1. The quantitative estimate of drug-likeness (QED) is 0.380. The molecule has 3 rings (SSSR count). The van der Waals surface area contributed by atoms with E-state index in [0.717, 1.165) is 55.5 Å². The molecule has 4 nitrogen and oxygen atoms in total. The first-order valence-corrected chi connectivity index (χ1v) is 12.0. The van der Waals surface area contributed by atoms with Gasteiger partial charge in [-0.2, -0.15) is 0 Å². The van der Waals surface area contributed by atoms with Crippen LogP contribution in [0.4, 0.5) is 11.4 Å². The van der Waals surface area contributed by atoms with Crippen molar-refractivity contribution in [1.29, 1.82) is 0 Å². The highest BCUT2D eigenvalue weighted by Crippen LogP contribution is 2.46. The van der Waals surface area contributed by atoms with Gasteiger partial charge in [0.25, 0.3) is 0 Å². The Kier molecular flexibility index (Phi) is 7.72. The number of nitrogens with two attached hydrogens (primary N) is 1. The van der Waals surface area contributed by atoms with Crippen LogP contribution in [0.5, 0.6) is 0 Å². The Morgan fingerprint density at radius 1 is 1.07 bits per heavy atom. The van der Waals surface area contributed by atoms with Gasteiger partial charge in [-0.3, -0.25) is 4.72 Å². The van der Waals surface area contributed by atoms with Crippen molar-refractivity contribution >= 4 is 23.3 Å². The molecule has 0 unspecified atom stereocenters. The van der Waals surface area contributed by atoms with Crippen LogP contribution < -0.4 is 15.4 Å². The summed E-state index contributed by atoms with van der Waals surface area (Å²) >= 11 is 1.68. The molecule has 4 N–H and O–H groups in total. The van der Waals surface area contributed by atoms with Crippen molar-refractivity contribution in [2.24, 2.45) is 0 Å². The zero-order valence-electron chi connectivity index (χ0n) is 18.8. The summed E-state index contributed by atoms with van der Waals surface area (Å²) in [5.41, 5.74) is 9.97. The first kappa shape index (κ1) is 23.0. The lowest BCUT2D eigenvalue weighted by molar-refractivity contribution is 0.0483. The van der Waals surface area contributed by atoms with Gasteiger partial charge in [-0.1, -0.05) is 51.7 Å². The van der Waals surface area contributed by atoms with Gasteiger partial charge in [0, 0.05) is 36.3 Å². The molecule has 30 heavy (non-hydrogen) atoms. The Morgan fingerprint density at radius 2 is 1.77 bits per heavy atom. The standard InChI is InChI=1S/C25H37N3OS/c1-5-7-14-25(15-8-6-2)24(29)23(18-10-9-11-19(26)16-18)21-17-20(28(3)4)12-13-22(21)30-27-25/h9-13,16-17,23-24,27,29H,5-8,14-15,26H2,1-4H3/t23-,24-/m1/s1. The van der Waals surface area contributed by atoms with Crippen LogP contribution in [0.3, 0.4) is 0 Å². The minimum Gasteiger partial charge on any atom is -0.399 e. The topological polar surface area (TPSA) is 61.5 Å². The van der Waals surface area contributed by atoms with Gasteiger partial charge in [0.05, 0.1) is 11.6 Å². The SMILES string of the molecule is CCCCC1(CCCC)NSc2ccc(N(C)C)cc2[C@@H](c2cccc(N)c2)[C@H]1O. The largest absolute Gasteiger partial charge is 0.399 e. The third-order valence-corrected chi connectivity index (χ3v) is 7.41. The Balaban J connectivity index is 2.16. The van der Waals surface area contributed by atoms with E-state index in [2.05, 4.69) is 61.8 Å². The van der Waals surface area contributed by atoms with Gasteiger partial charge in [-0.25, -0.2) is 0 Å². The van der Waals surface area contributed by atoms with Gasteiger partial charge in [-0.05, 0) is 66.2 Å². The van der Waals surface area contributed by atoms with Crippen LogP contribution in [0.2, 0.25) is 0 Å². The third-order valence-electron chi connectivity index (χ3n) is 6.31. The van der Waals surface area contributed by atoms with Crippen molar-refractivity contribution in [2.45, 2.75) is 74.8 Å². The highest BCUT2D eigenvalue weighted by Gasteiger charge is 2.45. The van der Waals surface area contributed by atoms with Gasteiger partial charge in [0.2, 0.25) is 0 Å². The van der Waals surface area contributed by atoms with Crippen LogP contribution in [0.15, 0.2) is 47.4 Å². The average molecular weight is 428 g/mol. The fraction of sp³-hybridized carbons (Fsp3) is 0.520. The van der Waals surface area contributed by atoms with Gasteiger partial charge in [0.15, 0.2) is 0 Å². The van der Waals surface area contributed by atoms with E-state index in [1.54, 1.807) is 11.9 Å². The Morgan fingerprint density at radius 3 is 2.37 bits per heavy atom. The number of nitrogens with one attached hydrogen (secondary N) is 1. The van der Waals surface area contributed by atoms with E-state index in [4.69, 9.17) is 5.73 Å². The maximum Gasteiger partial charge on any atom is 0.0839 e. The maximum atomic E-state index is 12.0. The van der Waals surface area contributed by atoms with Crippen LogP contribution in [0.1, 0.15) is 69.4 Å². The smallest absolute Gasteiger partial charge is 0.0839 e. The molecule has 1 aliphatic rings. The van der Waals surface area contributed by atoms with Crippen molar-refractivity contribution < 1.29 is 5.11 Å². The third kappa shape index (κ3) is 4.79. The van der Waals surface area contributed by atoms with Crippen LogP contribution in [-0.2, 0) is 0 Å². The second-order valence-electron chi connectivity index (χ2n) is 8.78. The van der Waals surface area contributed by atoms with E-state index >= 15 is 0 Å². The normalized spacial score (nSPS) is 20.4. The molecular weight excluding hydrogens is 390 g/mol. The van der Waals surface area contributed by atoms with Crippen LogP contribution in [-0.4, -0.2) is 30.8 Å². The molecule has 0 saturated carbocycles. The Labute approximate surface area is 186 Å². The number of anilines is 2. The molecule has 0 fully saturated rings. The first-order chi connectivity index (χ1) is 14.4. The van der Waals surface area contributed by atoms with Crippen molar-refractivity contribution in [3.05, 3.63) is 53.6 Å². The summed E-state index contributed by atoms with van der Waals surface area (Å²) < 4.78 is 3.76. The molecule has 1 aliphatic heterocycles. The molecule has 1 heterocycles. The Bertz CT molecular complexity index is 831. The fourth-order valence-corrected chi connectivity index (χ4v) is 5.56. The number of nitrogen functional groups attached to an aromatic ring is 1. The zero-order valence-corrected chi connectivity index (χ0v) is 19.6. The summed E-state index contributed by atoms with van der Waals surface area (Å²) in [6.07, 6.45) is 5.81. The molecule has 5 heteroatoms. The molecule has 164 valence electrons. The van der Waals surface area contributed by atoms with E-state index in [1.165, 1.54) is 10.5 Å². The summed E-state index contributed by atoms with van der Waals surface area (Å²) in [7, 11) is 4.12. The molecule has 2 atom stereocenters. The number of benzene rings is 2. The van der Waals surface area contributed by atoms with Gasteiger partial charge < -0.3 is 15.7 Å². The number of hydrogen-bond donors (Lipinski definition) is 3. The number of unbranched alkanes of at least 4 members (excludes halogenated alkanes) is 2. The van der Waals surface area contributed by atoms with Crippen molar-refractivity contribution in [1.82, 2.24) is 4.72 Å². The van der Waals surface area contributed by atoms with Gasteiger partial charge >= 0.3 is 0 Å². The summed E-state index contributed by atoms with van der Waals surface area (Å²) in [6, 6.07) is 14.6. The van der Waals surface area contributed by atoms with E-state index in [9.17, 15) is 5.11 Å². The second-order valence-corrected chi connectivity index (χ2v) is 9.62. The molecule has 2 aromatic rings. The molecular formula is C25H37N3OS.